The van der Waals surface area contributed by atoms with Gasteiger partial charge in [0.05, 0.1) is 0 Å². The lowest BCUT2D eigenvalue weighted by atomic mass is 10.2. The fourth-order valence-electron chi connectivity index (χ4n) is 2.15. The molecule has 21 heavy (non-hydrogen) atoms. The summed E-state index contributed by atoms with van der Waals surface area (Å²) in [5.74, 6) is 1.64. The summed E-state index contributed by atoms with van der Waals surface area (Å²) in [5.41, 5.74) is 1.21. The van der Waals surface area contributed by atoms with Crippen molar-refractivity contribution in [3.8, 4) is 5.75 Å². The third-order valence-electron chi connectivity index (χ3n) is 3.45. The average molecular weight is 357 g/mol. The van der Waals surface area contributed by atoms with Gasteiger partial charge >= 0.3 is 0 Å². The van der Waals surface area contributed by atoms with Crippen molar-refractivity contribution in [1.29, 1.82) is 0 Å². The van der Waals surface area contributed by atoms with Crippen LogP contribution in [0.15, 0.2) is 22.7 Å². The molecule has 1 aromatic rings. The maximum atomic E-state index is 5.98. The van der Waals surface area contributed by atoms with Crippen molar-refractivity contribution in [2.75, 3.05) is 32.8 Å². The zero-order valence-corrected chi connectivity index (χ0v) is 15.4. The van der Waals surface area contributed by atoms with E-state index in [4.69, 9.17) is 4.74 Å². The van der Waals surface area contributed by atoms with Crippen LogP contribution < -0.4 is 10.1 Å². The quantitative estimate of drug-likeness (QED) is 0.687. The van der Waals surface area contributed by atoms with Crippen LogP contribution in [-0.2, 0) is 6.54 Å². The minimum Gasteiger partial charge on any atom is -0.492 e. The Labute approximate surface area is 138 Å². The van der Waals surface area contributed by atoms with Gasteiger partial charge in [0.25, 0.3) is 0 Å². The number of ether oxygens (including phenoxy) is 1. The lowest BCUT2D eigenvalue weighted by Crippen LogP contribution is -2.28. The van der Waals surface area contributed by atoms with Gasteiger partial charge in [0.2, 0.25) is 0 Å². The first-order chi connectivity index (χ1) is 10.1. The first kappa shape index (κ1) is 18.5. The van der Waals surface area contributed by atoms with Gasteiger partial charge in [0.1, 0.15) is 12.4 Å². The van der Waals surface area contributed by atoms with Gasteiger partial charge < -0.3 is 15.0 Å². The second-order valence-corrected chi connectivity index (χ2v) is 6.57. The maximum Gasteiger partial charge on any atom is 0.123 e. The lowest BCUT2D eigenvalue weighted by Gasteiger charge is -2.19. The van der Waals surface area contributed by atoms with Crippen LogP contribution in [0.1, 0.15) is 33.3 Å². The molecule has 1 N–H and O–H groups in total. The monoisotopic (exact) mass is 356 g/mol. The molecule has 0 aliphatic rings. The largest absolute Gasteiger partial charge is 0.492 e. The summed E-state index contributed by atoms with van der Waals surface area (Å²) in [4.78, 5) is 2.37. The number of rotatable bonds is 10. The third kappa shape index (κ3) is 7.30. The molecule has 1 aromatic carbocycles. The molecular formula is C17H29BrN2O. The smallest absolute Gasteiger partial charge is 0.123 e. The van der Waals surface area contributed by atoms with Crippen LogP contribution in [0, 0.1) is 5.92 Å². The van der Waals surface area contributed by atoms with Crippen molar-refractivity contribution in [2.45, 2.75) is 34.2 Å². The number of likely N-dealkylation sites (N-methyl/N-ethyl adjacent to an activating group) is 1. The Balaban J connectivity index is 2.55. The van der Waals surface area contributed by atoms with E-state index >= 15 is 0 Å². The van der Waals surface area contributed by atoms with Crippen LogP contribution in [0.2, 0.25) is 0 Å². The van der Waals surface area contributed by atoms with Crippen LogP contribution in [0.4, 0.5) is 0 Å². The van der Waals surface area contributed by atoms with Crippen molar-refractivity contribution in [3.05, 3.63) is 28.2 Å². The minimum absolute atomic E-state index is 0.657. The normalized spacial score (nSPS) is 11.4. The molecule has 1 rings (SSSR count). The van der Waals surface area contributed by atoms with Crippen molar-refractivity contribution < 1.29 is 4.74 Å². The zero-order valence-electron chi connectivity index (χ0n) is 13.8. The van der Waals surface area contributed by atoms with E-state index in [1.54, 1.807) is 0 Å². The molecule has 3 nitrogen and oxygen atoms in total. The molecule has 0 atom stereocenters. The molecule has 120 valence electrons. The van der Waals surface area contributed by atoms with E-state index in [1.165, 1.54) is 5.56 Å². The molecule has 0 aromatic heterocycles. The summed E-state index contributed by atoms with van der Waals surface area (Å²) in [6.07, 6.45) is 0. The Morgan fingerprint density at radius 2 is 1.95 bits per heavy atom. The summed E-state index contributed by atoms with van der Waals surface area (Å²) in [6, 6.07) is 6.23. The van der Waals surface area contributed by atoms with Crippen LogP contribution in [0.5, 0.6) is 5.75 Å². The number of nitrogens with zero attached hydrogens (tertiary/aromatic N) is 1. The van der Waals surface area contributed by atoms with Gasteiger partial charge in [-0.2, -0.15) is 0 Å². The summed E-state index contributed by atoms with van der Waals surface area (Å²) in [5, 5.41) is 3.48. The highest BCUT2D eigenvalue weighted by Crippen LogP contribution is 2.23. The predicted octanol–water partition coefficient (Wildman–Crippen LogP) is 3.92. The van der Waals surface area contributed by atoms with E-state index in [-0.39, 0.29) is 0 Å². The summed E-state index contributed by atoms with van der Waals surface area (Å²) in [6.45, 7) is 14.5. The van der Waals surface area contributed by atoms with E-state index < -0.39 is 0 Å². The minimum atomic E-state index is 0.657. The van der Waals surface area contributed by atoms with Crippen molar-refractivity contribution in [2.24, 2.45) is 5.92 Å². The first-order valence-corrected chi connectivity index (χ1v) is 8.70. The Kier molecular flexibility index (Phi) is 8.97. The first-order valence-electron chi connectivity index (χ1n) is 7.91. The lowest BCUT2D eigenvalue weighted by molar-refractivity contribution is 0.221. The van der Waals surface area contributed by atoms with Crippen LogP contribution >= 0.6 is 15.9 Å². The van der Waals surface area contributed by atoms with E-state index in [1.807, 2.05) is 6.07 Å². The SMILES string of the molecule is CCN(CC)CCOc1ccc(Br)cc1CNCC(C)C. The van der Waals surface area contributed by atoms with Gasteiger partial charge in [-0.05, 0) is 43.8 Å². The molecule has 0 amide bonds. The van der Waals surface area contributed by atoms with E-state index in [0.29, 0.717) is 5.92 Å². The number of nitrogens with one attached hydrogen (secondary N) is 1. The average Bonchev–Trinajstić information content (AvgIpc) is 2.45. The maximum absolute atomic E-state index is 5.98. The molecule has 0 bridgehead atoms. The second kappa shape index (κ2) is 10.2. The van der Waals surface area contributed by atoms with Gasteiger partial charge in [0, 0.05) is 23.1 Å². The molecule has 0 unspecified atom stereocenters. The Morgan fingerprint density at radius 3 is 2.57 bits per heavy atom. The number of halogens is 1. The van der Waals surface area contributed by atoms with Gasteiger partial charge in [-0.15, -0.1) is 0 Å². The zero-order chi connectivity index (χ0) is 15.7. The summed E-state index contributed by atoms with van der Waals surface area (Å²) < 4.78 is 7.08. The fourth-order valence-corrected chi connectivity index (χ4v) is 2.56. The molecular weight excluding hydrogens is 328 g/mol. The molecule has 0 aliphatic heterocycles. The predicted molar refractivity (Wildman–Crippen MR) is 94.0 cm³/mol. The summed E-state index contributed by atoms with van der Waals surface area (Å²) >= 11 is 3.54. The van der Waals surface area contributed by atoms with Crippen molar-refractivity contribution in [3.63, 3.8) is 0 Å². The van der Waals surface area contributed by atoms with Crippen LogP contribution in [0.25, 0.3) is 0 Å². The van der Waals surface area contributed by atoms with Crippen LogP contribution in [0.3, 0.4) is 0 Å². The van der Waals surface area contributed by atoms with Crippen LogP contribution in [-0.4, -0.2) is 37.7 Å². The molecule has 0 aliphatic carbocycles. The van der Waals surface area contributed by atoms with E-state index in [9.17, 15) is 0 Å². The molecule has 4 heteroatoms. The van der Waals surface area contributed by atoms with Gasteiger partial charge in [-0.25, -0.2) is 0 Å². The van der Waals surface area contributed by atoms with Crippen molar-refractivity contribution in [1.82, 2.24) is 10.2 Å². The van der Waals surface area contributed by atoms with E-state index in [0.717, 1.165) is 49.6 Å². The fraction of sp³-hybridized carbons (Fsp3) is 0.647. The molecule has 0 spiro atoms. The Bertz CT molecular complexity index is 406. The highest BCUT2D eigenvalue weighted by atomic mass is 79.9. The third-order valence-corrected chi connectivity index (χ3v) is 3.94. The standard InChI is InChI=1S/C17H29BrN2O/c1-5-20(6-2)9-10-21-17-8-7-16(18)11-15(17)13-19-12-14(3)4/h7-8,11,14,19H,5-6,9-10,12-13H2,1-4H3. The highest BCUT2D eigenvalue weighted by Gasteiger charge is 2.06. The molecule has 0 radical (unpaired) electrons. The topological polar surface area (TPSA) is 24.5 Å². The number of hydrogen-bond donors (Lipinski definition) is 1. The summed E-state index contributed by atoms with van der Waals surface area (Å²) in [7, 11) is 0. The second-order valence-electron chi connectivity index (χ2n) is 5.65. The molecule has 0 heterocycles. The number of benzene rings is 1. The molecule has 0 saturated carbocycles. The highest BCUT2D eigenvalue weighted by molar-refractivity contribution is 9.10. The Hall–Kier alpha value is -0.580. The van der Waals surface area contributed by atoms with Crippen molar-refractivity contribution >= 4 is 15.9 Å². The van der Waals surface area contributed by atoms with Gasteiger partial charge in [-0.3, -0.25) is 0 Å². The Morgan fingerprint density at radius 1 is 1.24 bits per heavy atom. The number of hydrogen-bond acceptors (Lipinski definition) is 3. The van der Waals surface area contributed by atoms with Gasteiger partial charge in [-0.1, -0.05) is 43.6 Å². The molecule has 0 saturated heterocycles. The molecule has 0 fully saturated rings. The van der Waals surface area contributed by atoms with Gasteiger partial charge in [0.15, 0.2) is 0 Å². The van der Waals surface area contributed by atoms with E-state index in [2.05, 4.69) is 66.0 Å².